The number of hydrogen-bond acceptors (Lipinski definition) is 1. The van der Waals surface area contributed by atoms with Crippen LogP contribution in [0.25, 0.3) is 0 Å². The molecule has 0 fully saturated rings. The number of hydrogen-bond donors (Lipinski definition) is 1. The Kier molecular flexibility index (Phi) is 4.02. The molecule has 0 aliphatic heterocycles. The number of benzene rings is 2. The summed E-state index contributed by atoms with van der Waals surface area (Å²) < 4.78 is 13.8. The molecule has 1 nitrogen and oxygen atoms in total. The highest BCUT2D eigenvalue weighted by Gasteiger charge is 2.02. The van der Waals surface area contributed by atoms with Crippen LogP contribution in [-0.4, -0.2) is 0 Å². The summed E-state index contributed by atoms with van der Waals surface area (Å²) in [5.41, 5.74) is 4.59. The molecule has 2 rings (SSSR count). The minimum atomic E-state index is -0.225. The van der Waals surface area contributed by atoms with E-state index in [2.05, 4.69) is 53.3 Å². The molecule has 0 saturated heterocycles. The van der Waals surface area contributed by atoms with Crippen molar-refractivity contribution in [3.63, 3.8) is 0 Å². The third-order valence-corrected chi connectivity index (χ3v) is 3.46. The van der Waals surface area contributed by atoms with Crippen LogP contribution in [0, 0.1) is 19.7 Å². The molecule has 2 aromatic rings. The van der Waals surface area contributed by atoms with E-state index in [1.165, 1.54) is 23.3 Å². The van der Waals surface area contributed by atoms with Crippen molar-refractivity contribution in [2.45, 2.75) is 20.4 Å². The molecule has 2 aromatic carbocycles. The Hall–Kier alpha value is -1.35. The number of rotatable bonds is 3. The van der Waals surface area contributed by atoms with Crippen LogP contribution in [0.5, 0.6) is 0 Å². The van der Waals surface area contributed by atoms with Crippen molar-refractivity contribution in [2.75, 3.05) is 5.32 Å². The first-order chi connectivity index (χ1) is 8.54. The third kappa shape index (κ3) is 3.33. The summed E-state index contributed by atoms with van der Waals surface area (Å²) in [5, 5.41) is 3.35. The summed E-state index contributed by atoms with van der Waals surface area (Å²) in [4.78, 5) is 0. The molecule has 3 heteroatoms. The molecule has 0 spiro atoms. The van der Waals surface area contributed by atoms with Crippen LogP contribution in [0.15, 0.2) is 40.9 Å². The summed E-state index contributed by atoms with van der Waals surface area (Å²) in [6.45, 7) is 4.82. The van der Waals surface area contributed by atoms with Crippen molar-refractivity contribution in [3.05, 3.63) is 63.4 Å². The molecule has 0 saturated carbocycles. The predicted octanol–water partition coefficient (Wildman–Crippen LogP) is 4.82. The van der Waals surface area contributed by atoms with E-state index in [4.69, 9.17) is 0 Å². The van der Waals surface area contributed by atoms with Gasteiger partial charge < -0.3 is 5.32 Å². The standard InChI is InChI=1S/C15H15BrFN/c1-10-5-11(2)7-14(6-10)18-9-12-3-4-13(17)8-15(12)16/h3-8,18H,9H2,1-2H3. The van der Waals surface area contributed by atoms with Gasteiger partial charge in [-0.2, -0.15) is 0 Å². The first kappa shape index (κ1) is 13.1. The second-order valence-corrected chi connectivity index (χ2v) is 5.32. The monoisotopic (exact) mass is 307 g/mol. The Morgan fingerprint density at radius 3 is 2.33 bits per heavy atom. The zero-order valence-corrected chi connectivity index (χ0v) is 12.0. The molecular formula is C15H15BrFN. The average Bonchev–Trinajstić information content (AvgIpc) is 2.26. The summed E-state index contributed by atoms with van der Waals surface area (Å²) in [6, 6.07) is 11.1. The molecular weight excluding hydrogens is 293 g/mol. The van der Waals surface area contributed by atoms with Gasteiger partial charge in [0.25, 0.3) is 0 Å². The molecule has 94 valence electrons. The number of nitrogens with one attached hydrogen (secondary N) is 1. The molecule has 0 aliphatic rings. The zero-order valence-electron chi connectivity index (χ0n) is 10.4. The minimum Gasteiger partial charge on any atom is -0.381 e. The fourth-order valence-electron chi connectivity index (χ4n) is 1.94. The number of halogens is 2. The molecule has 0 amide bonds. The first-order valence-electron chi connectivity index (χ1n) is 5.81. The van der Waals surface area contributed by atoms with E-state index in [9.17, 15) is 4.39 Å². The van der Waals surface area contributed by atoms with Crippen LogP contribution in [0.2, 0.25) is 0 Å². The Morgan fingerprint density at radius 1 is 1.06 bits per heavy atom. The van der Waals surface area contributed by atoms with Gasteiger partial charge in [-0.05, 0) is 54.8 Å². The van der Waals surface area contributed by atoms with E-state index in [1.807, 2.05) is 0 Å². The van der Waals surface area contributed by atoms with Crippen molar-refractivity contribution in [2.24, 2.45) is 0 Å². The first-order valence-corrected chi connectivity index (χ1v) is 6.60. The second kappa shape index (κ2) is 5.53. The Labute approximate surface area is 115 Å². The lowest BCUT2D eigenvalue weighted by Crippen LogP contribution is -2.01. The Morgan fingerprint density at radius 2 is 1.72 bits per heavy atom. The number of aryl methyl sites for hydroxylation is 2. The van der Waals surface area contributed by atoms with Gasteiger partial charge in [-0.25, -0.2) is 4.39 Å². The fourth-order valence-corrected chi connectivity index (χ4v) is 2.43. The summed E-state index contributed by atoms with van der Waals surface area (Å²) in [5.74, 6) is -0.225. The van der Waals surface area contributed by atoms with Crippen LogP contribution < -0.4 is 5.32 Å². The smallest absolute Gasteiger partial charge is 0.124 e. The SMILES string of the molecule is Cc1cc(C)cc(NCc2ccc(F)cc2Br)c1. The van der Waals surface area contributed by atoms with Gasteiger partial charge in [0, 0.05) is 16.7 Å². The highest BCUT2D eigenvalue weighted by Crippen LogP contribution is 2.20. The maximum atomic E-state index is 13.0. The van der Waals surface area contributed by atoms with Crippen LogP contribution in [-0.2, 0) is 6.54 Å². The van der Waals surface area contributed by atoms with Gasteiger partial charge in [0.15, 0.2) is 0 Å². The Balaban J connectivity index is 2.11. The van der Waals surface area contributed by atoms with Crippen LogP contribution in [0.3, 0.4) is 0 Å². The minimum absolute atomic E-state index is 0.225. The molecule has 0 atom stereocenters. The predicted molar refractivity (Wildman–Crippen MR) is 77.3 cm³/mol. The molecule has 0 unspecified atom stereocenters. The average molecular weight is 308 g/mol. The lowest BCUT2D eigenvalue weighted by atomic mass is 10.1. The van der Waals surface area contributed by atoms with Crippen molar-refractivity contribution in [3.8, 4) is 0 Å². The summed E-state index contributed by atoms with van der Waals surface area (Å²) >= 11 is 3.37. The van der Waals surface area contributed by atoms with E-state index in [0.717, 1.165) is 15.7 Å². The molecule has 0 radical (unpaired) electrons. The van der Waals surface area contributed by atoms with E-state index in [1.54, 1.807) is 6.07 Å². The van der Waals surface area contributed by atoms with E-state index < -0.39 is 0 Å². The van der Waals surface area contributed by atoms with Crippen molar-refractivity contribution in [1.82, 2.24) is 0 Å². The topological polar surface area (TPSA) is 12.0 Å². The fraction of sp³-hybridized carbons (Fsp3) is 0.200. The van der Waals surface area contributed by atoms with Gasteiger partial charge in [0.1, 0.15) is 5.82 Å². The lowest BCUT2D eigenvalue weighted by molar-refractivity contribution is 0.626. The third-order valence-electron chi connectivity index (χ3n) is 2.72. The molecule has 1 N–H and O–H groups in total. The van der Waals surface area contributed by atoms with Gasteiger partial charge in [0.05, 0.1) is 0 Å². The normalized spacial score (nSPS) is 10.4. The van der Waals surface area contributed by atoms with Crippen LogP contribution in [0.4, 0.5) is 10.1 Å². The highest BCUT2D eigenvalue weighted by atomic mass is 79.9. The van der Waals surface area contributed by atoms with Gasteiger partial charge in [-0.15, -0.1) is 0 Å². The quantitative estimate of drug-likeness (QED) is 0.857. The number of anilines is 1. The molecule has 0 heterocycles. The maximum Gasteiger partial charge on any atom is 0.124 e. The molecule has 0 aliphatic carbocycles. The Bertz CT molecular complexity index is 546. The lowest BCUT2D eigenvalue weighted by Gasteiger charge is -2.10. The molecule has 0 bridgehead atoms. The summed E-state index contributed by atoms with van der Waals surface area (Å²) in [7, 11) is 0. The van der Waals surface area contributed by atoms with Crippen LogP contribution in [0.1, 0.15) is 16.7 Å². The van der Waals surface area contributed by atoms with E-state index >= 15 is 0 Å². The zero-order chi connectivity index (χ0) is 13.1. The van der Waals surface area contributed by atoms with Crippen molar-refractivity contribution >= 4 is 21.6 Å². The largest absolute Gasteiger partial charge is 0.381 e. The summed E-state index contributed by atoms with van der Waals surface area (Å²) in [6.07, 6.45) is 0. The van der Waals surface area contributed by atoms with E-state index in [-0.39, 0.29) is 5.82 Å². The van der Waals surface area contributed by atoms with Gasteiger partial charge in [-0.1, -0.05) is 28.1 Å². The van der Waals surface area contributed by atoms with Crippen molar-refractivity contribution < 1.29 is 4.39 Å². The molecule has 18 heavy (non-hydrogen) atoms. The van der Waals surface area contributed by atoms with Gasteiger partial charge >= 0.3 is 0 Å². The van der Waals surface area contributed by atoms with Gasteiger partial charge in [0.2, 0.25) is 0 Å². The molecule has 0 aromatic heterocycles. The van der Waals surface area contributed by atoms with Crippen molar-refractivity contribution in [1.29, 1.82) is 0 Å². The van der Waals surface area contributed by atoms with Gasteiger partial charge in [-0.3, -0.25) is 0 Å². The second-order valence-electron chi connectivity index (χ2n) is 4.47. The highest BCUT2D eigenvalue weighted by molar-refractivity contribution is 9.10. The van der Waals surface area contributed by atoms with Crippen LogP contribution >= 0.6 is 15.9 Å². The maximum absolute atomic E-state index is 13.0. The van der Waals surface area contributed by atoms with E-state index in [0.29, 0.717) is 6.54 Å².